The van der Waals surface area contributed by atoms with Gasteiger partial charge in [-0.2, -0.15) is 0 Å². The summed E-state index contributed by atoms with van der Waals surface area (Å²) in [6.07, 6.45) is 1.72. The molecule has 0 aromatic carbocycles. The van der Waals surface area contributed by atoms with Crippen LogP contribution in [0.2, 0.25) is 0 Å². The second-order valence-electron chi connectivity index (χ2n) is 2.32. The van der Waals surface area contributed by atoms with Crippen LogP contribution in [0.25, 0.3) is 0 Å². The van der Waals surface area contributed by atoms with Crippen molar-refractivity contribution in [3.05, 3.63) is 10.9 Å². The number of rotatable bonds is 1. The molecule has 0 aliphatic carbocycles. The lowest BCUT2D eigenvalue weighted by Gasteiger charge is -2.04. The van der Waals surface area contributed by atoms with Crippen molar-refractivity contribution in [1.82, 2.24) is 0 Å². The number of thiophene rings is 1. The molecule has 2 rings (SSSR count). The van der Waals surface area contributed by atoms with Gasteiger partial charge in [-0.25, -0.2) is 4.79 Å². The van der Waals surface area contributed by atoms with Gasteiger partial charge in [-0.3, -0.25) is 4.99 Å². The Balaban J connectivity index is 2.46. The lowest BCUT2D eigenvalue weighted by molar-refractivity contribution is 0.0702. The summed E-state index contributed by atoms with van der Waals surface area (Å²) in [6.45, 7) is 0.673. The molecule has 0 saturated carbocycles. The van der Waals surface area contributed by atoms with E-state index >= 15 is 0 Å². The number of fused-ring (bicyclic) bond motifs is 1. The molecule has 1 aliphatic rings. The zero-order valence-electron chi connectivity index (χ0n) is 6.07. The Morgan fingerprint density at radius 2 is 2.58 bits per heavy atom. The standard InChI is InChI=1S/C7H6N2O2S/c10-7(11)5-3-4-6(12-5)9-2-1-8-4/h1,3,9H,2H2,(H,10,11). The highest BCUT2D eigenvalue weighted by Gasteiger charge is 2.14. The van der Waals surface area contributed by atoms with E-state index in [-0.39, 0.29) is 0 Å². The van der Waals surface area contributed by atoms with Crippen LogP contribution in [0.1, 0.15) is 9.67 Å². The minimum absolute atomic E-state index is 0.326. The van der Waals surface area contributed by atoms with Crippen molar-refractivity contribution in [2.45, 2.75) is 0 Å². The summed E-state index contributed by atoms with van der Waals surface area (Å²) >= 11 is 1.22. The molecule has 0 fully saturated rings. The van der Waals surface area contributed by atoms with Gasteiger partial charge in [0.2, 0.25) is 0 Å². The van der Waals surface area contributed by atoms with Gasteiger partial charge < -0.3 is 10.4 Å². The minimum Gasteiger partial charge on any atom is -0.477 e. The highest BCUT2D eigenvalue weighted by Crippen LogP contribution is 2.35. The SMILES string of the molecule is O=C(O)c1cc2c(s1)NCC=N2. The summed E-state index contributed by atoms with van der Waals surface area (Å²) < 4.78 is 0. The first-order valence-electron chi connectivity index (χ1n) is 3.41. The number of anilines is 1. The lowest BCUT2D eigenvalue weighted by Crippen LogP contribution is -2.03. The molecule has 5 heteroatoms. The third-order valence-electron chi connectivity index (χ3n) is 1.51. The van der Waals surface area contributed by atoms with E-state index in [0.717, 1.165) is 10.7 Å². The summed E-state index contributed by atoms with van der Waals surface area (Å²) in [5.41, 5.74) is 0.726. The molecule has 1 aliphatic heterocycles. The quantitative estimate of drug-likeness (QED) is 0.693. The molecule has 0 saturated heterocycles. The number of nitrogens with one attached hydrogen (secondary N) is 1. The molecule has 2 N–H and O–H groups in total. The molecule has 4 nitrogen and oxygen atoms in total. The molecule has 0 bridgehead atoms. The topological polar surface area (TPSA) is 61.7 Å². The Morgan fingerprint density at radius 1 is 1.75 bits per heavy atom. The number of hydrogen-bond donors (Lipinski definition) is 2. The highest BCUT2D eigenvalue weighted by molar-refractivity contribution is 7.18. The molecule has 12 heavy (non-hydrogen) atoms. The first-order chi connectivity index (χ1) is 5.77. The fraction of sp³-hybridized carbons (Fsp3) is 0.143. The van der Waals surface area contributed by atoms with Crippen molar-refractivity contribution in [2.24, 2.45) is 4.99 Å². The molecule has 0 spiro atoms. The molecule has 2 heterocycles. The Labute approximate surface area is 72.6 Å². The van der Waals surface area contributed by atoms with Gasteiger partial charge in [0.25, 0.3) is 0 Å². The van der Waals surface area contributed by atoms with Gasteiger partial charge in [0.1, 0.15) is 9.88 Å². The number of hydrogen-bond acceptors (Lipinski definition) is 4. The van der Waals surface area contributed by atoms with Gasteiger partial charge in [-0.05, 0) is 6.07 Å². The molecule has 0 radical (unpaired) electrons. The number of carboxylic acid groups (broad SMARTS) is 1. The highest BCUT2D eigenvalue weighted by atomic mass is 32.1. The normalized spacial score (nSPS) is 13.7. The summed E-state index contributed by atoms with van der Waals surface area (Å²) in [7, 11) is 0. The third kappa shape index (κ3) is 1.08. The molecule has 0 atom stereocenters. The fourth-order valence-corrected chi connectivity index (χ4v) is 1.84. The van der Waals surface area contributed by atoms with Crippen LogP contribution in [0.4, 0.5) is 10.7 Å². The number of aliphatic imine (C=N–C) groups is 1. The van der Waals surface area contributed by atoms with Gasteiger partial charge in [0.05, 0.1) is 12.2 Å². The summed E-state index contributed by atoms with van der Waals surface area (Å²) in [6, 6.07) is 1.57. The van der Waals surface area contributed by atoms with Crippen molar-refractivity contribution in [3.63, 3.8) is 0 Å². The zero-order chi connectivity index (χ0) is 8.55. The zero-order valence-corrected chi connectivity index (χ0v) is 6.89. The van der Waals surface area contributed by atoms with Crippen LogP contribution in [0.3, 0.4) is 0 Å². The summed E-state index contributed by atoms with van der Waals surface area (Å²) in [5.74, 6) is -0.897. The Hall–Kier alpha value is -1.36. The van der Waals surface area contributed by atoms with Crippen LogP contribution >= 0.6 is 11.3 Å². The molecule has 1 aromatic heterocycles. The number of aromatic carboxylic acids is 1. The average Bonchev–Trinajstić information content (AvgIpc) is 2.46. The van der Waals surface area contributed by atoms with Gasteiger partial charge >= 0.3 is 5.97 Å². The van der Waals surface area contributed by atoms with E-state index in [1.54, 1.807) is 12.3 Å². The van der Waals surface area contributed by atoms with Gasteiger partial charge in [-0.15, -0.1) is 11.3 Å². The lowest BCUT2D eigenvalue weighted by atomic mass is 10.4. The minimum atomic E-state index is -0.897. The van der Waals surface area contributed by atoms with E-state index in [2.05, 4.69) is 10.3 Å². The summed E-state index contributed by atoms with van der Waals surface area (Å²) in [5, 5.41) is 12.6. The fourth-order valence-electron chi connectivity index (χ4n) is 0.992. The van der Waals surface area contributed by atoms with E-state index in [4.69, 9.17) is 5.11 Å². The maximum atomic E-state index is 10.5. The van der Waals surface area contributed by atoms with Crippen molar-refractivity contribution in [3.8, 4) is 0 Å². The van der Waals surface area contributed by atoms with E-state index in [1.165, 1.54) is 11.3 Å². The third-order valence-corrected chi connectivity index (χ3v) is 2.58. The van der Waals surface area contributed by atoms with Crippen LogP contribution in [0, 0.1) is 0 Å². The predicted molar refractivity (Wildman–Crippen MR) is 47.9 cm³/mol. The first kappa shape index (κ1) is 7.30. The molecule has 0 amide bonds. The second kappa shape index (κ2) is 2.60. The number of nitrogens with zero attached hydrogens (tertiary/aromatic N) is 1. The van der Waals surface area contributed by atoms with E-state index in [1.807, 2.05) is 0 Å². The van der Waals surface area contributed by atoms with Gasteiger partial charge in [0.15, 0.2) is 0 Å². The second-order valence-corrected chi connectivity index (χ2v) is 3.37. The van der Waals surface area contributed by atoms with Gasteiger partial charge in [0, 0.05) is 6.21 Å². The maximum absolute atomic E-state index is 10.5. The van der Waals surface area contributed by atoms with E-state index < -0.39 is 5.97 Å². The average molecular weight is 182 g/mol. The number of carbonyl (C=O) groups is 1. The van der Waals surface area contributed by atoms with Crippen molar-refractivity contribution < 1.29 is 9.90 Å². The van der Waals surface area contributed by atoms with Gasteiger partial charge in [-0.1, -0.05) is 0 Å². The van der Waals surface area contributed by atoms with Crippen LogP contribution in [0.15, 0.2) is 11.1 Å². The molecule has 0 unspecified atom stereocenters. The summed E-state index contributed by atoms with van der Waals surface area (Å²) in [4.78, 5) is 14.9. The van der Waals surface area contributed by atoms with E-state index in [9.17, 15) is 4.79 Å². The Bertz CT molecular complexity index is 356. The van der Waals surface area contributed by atoms with Crippen molar-refractivity contribution >= 4 is 34.2 Å². The molecular formula is C7H6N2O2S. The Morgan fingerprint density at radius 3 is 3.25 bits per heavy atom. The first-order valence-corrected chi connectivity index (χ1v) is 4.22. The monoisotopic (exact) mass is 182 g/mol. The predicted octanol–water partition coefficient (Wildman–Crippen LogP) is 1.57. The van der Waals surface area contributed by atoms with Crippen LogP contribution in [-0.2, 0) is 0 Å². The Kier molecular flexibility index (Phi) is 1.58. The van der Waals surface area contributed by atoms with E-state index in [0.29, 0.717) is 11.4 Å². The van der Waals surface area contributed by atoms with Crippen LogP contribution in [-0.4, -0.2) is 23.8 Å². The largest absolute Gasteiger partial charge is 0.477 e. The van der Waals surface area contributed by atoms with Crippen molar-refractivity contribution in [2.75, 3.05) is 11.9 Å². The number of carboxylic acids is 1. The smallest absolute Gasteiger partial charge is 0.346 e. The molecule has 1 aromatic rings. The maximum Gasteiger partial charge on any atom is 0.346 e. The molecule has 62 valence electrons. The van der Waals surface area contributed by atoms with Crippen molar-refractivity contribution in [1.29, 1.82) is 0 Å². The van der Waals surface area contributed by atoms with Crippen LogP contribution < -0.4 is 5.32 Å². The molecular weight excluding hydrogens is 176 g/mol. The van der Waals surface area contributed by atoms with Crippen LogP contribution in [0.5, 0.6) is 0 Å².